The van der Waals surface area contributed by atoms with Crippen LogP contribution in [0.1, 0.15) is 17.5 Å². The highest BCUT2D eigenvalue weighted by Crippen LogP contribution is 2.27. The van der Waals surface area contributed by atoms with Gasteiger partial charge in [-0.1, -0.05) is 0 Å². The molecule has 0 saturated carbocycles. The van der Waals surface area contributed by atoms with Crippen LogP contribution in [0.2, 0.25) is 0 Å². The minimum absolute atomic E-state index is 0.236. The second-order valence-corrected chi connectivity index (χ2v) is 5.66. The molecule has 0 unspecified atom stereocenters. The molecule has 1 heterocycles. The fourth-order valence-electron chi connectivity index (χ4n) is 2.68. The van der Waals surface area contributed by atoms with E-state index in [1.807, 2.05) is 0 Å². The Morgan fingerprint density at radius 1 is 1.09 bits per heavy atom. The Morgan fingerprint density at radius 2 is 1.77 bits per heavy atom. The summed E-state index contributed by atoms with van der Waals surface area (Å²) in [5.41, 5.74) is 11.1. The normalized spacial score (nSPS) is 11.3. The molecule has 0 fully saturated rings. The van der Waals surface area contributed by atoms with Crippen LogP contribution in [-0.2, 0) is 6.54 Å². The Labute approximate surface area is 129 Å². The summed E-state index contributed by atoms with van der Waals surface area (Å²) in [7, 11) is 0. The van der Waals surface area contributed by atoms with E-state index in [4.69, 9.17) is 10.7 Å². The molecule has 3 aromatic rings. The van der Waals surface area contributed by atoms with Gasteiger partial charge >= 0.3 is 0 Å². The van der Waals surface area contributed by atoms with Crippen molar-refractivity contribution in [2.45, 2.75) is 26.8 Å². The lowest BCUT2D eigenvalue weighted by molar-refractivity contribution is 0.627. The van der Waals surface area contributed by atoms with Crippen LogP contribution < -0.4 is 5.73 Å². The lowest BCUT2D eigenvalue weighted by Crippen LogP contribution is -2.07. The fraction of sp³-hybridized carbons (Fsp3) is 0.278. The predicted molar refractivity (Wildman–Crippen MR) is 88.3 cm³/mol. The van der Waals surface area contributed by atoms with Gasteiger partial charge in [0.05, 0.1) is 11.0 Å². The number of rotatable bonds is 4. The maximum absolute atomic E-state index is 13.2. The Bertz CT molecular complexity index is 803. The largest absolute Gasteiger partial charge is 0.330 e. The minimum atomic E-state index is -0.236. The Kier molecular flexibility index (Phi) is 3.94. The third-order valence-corrected chi connectivity index (χ3v) is 4.05. The van der Waals surface area contributed by atoms with Gasteiger partial charge < -0.3 is 10.3 Å². The van der Waals surface area contributed by atoms with Gasteiger partial charge in [-0.2, -0.15) is 0 Å². The van der Waals surface area contributed by atoms with Crippen molar-refractivity contribution in [3.63, 3.8) is 0 Å². The summed E-state index contributed by atoms with van der Waals surface area (Å²) in [6.07, 6.45) is 0.882. The molecule has 0 bridgehead atoms. The minimum Gasteiger partial charge on any atom is -0.330 e. The number of halogens is 1. The number of imidazole rings is 1. The van der Waals surface area contributed by atoms with E-state index in [9.17, 15) is 4.39 Å². The summed E-state index contributed by atoms with van der Waals surface area (Å²) >= 11 is 0. The lowest BCUT2D eigenvalue weighted by atomic mass is 10.1. The number of hydrogen-bond acceptors (Lipinski definition) is 2. The number of benzene rings is 2. The van der Waals surface area contributed by atoms with Crippen molar-refractivity contribution in [2.24, 2.45) is 5.73 Å². The molecule has 0 atom stereocenters. The standard InChI is InChI=1S/C18H20FN3/c1-12-10-16-17(11-13(12)2)22(9-3-8-20)18(21-16)14-4-6-15(19)7-5-14/h4-7,10-11H,3,8-9,20H2,1-2H3. The van der Waals surface area contributed by atoms with E-state index in [1.54, 1.807) is 12.1 Å². The summed E-state index contributed by atoms with van der Waals surface area (Å²) in [5.74, 6) is 0.633. The molecule has 2 aromatic carbocycles. The molecule has 0 radical (unpaired) electrons. The van der Waals surface area contributed by atoms with Crippen LogP contribution in [0.5, 0.6) is 0 Å². The van der Waals surface area contributed by atoms with Crippen molar-refractivity contribution >= 4 is 11.0 Å². The first-order valence-electron chi connectivity index (χ1n) is 7.53. The number of nitrogens with two attached hydrogens (primary N) is 1. The zero-order valence-electron chi connectivity index (χ0n) is 12.9. The Balaban J connectivity index is 2.21. The molecular weight excluding hydrogens is 277 g/mol. The van der Waals surface area contributed by atoms with Crippen LogP contribution in [0.25, 0.3) is 22.4 Å². The summed E-state index contributed by atoms with van der Waals surface area (Å²) in [5, 5.41) is 0. The van der Waals surface area contributed by atoms with Gasteiger partial charge in [0.2, 0.25) is 0 Å². The Morgan fingerprint density at radius 3 is 2.45 bits per heavy atom. The van der Waals surface area contributed by atoms with Crippen molar-refractivity contribution in [2.75, 3.05) is 6.54 Å². The first-order valence-corrected chi connectivity index (χ1v) is 7.53. The predicted octanol–water partition coefficient (Wildman–Crippen LogP) is 3.81. The van der Waals surface area contributed by atoms with Gasteiger partial charge in [-0.3, -0.25) is 0 Å². The summed E-state index contributed by atoms with van der Waals surface area (Å²) < 4.78 is 15.4. The molecule has 3 nitrogen and oxygen atoms in total. The molecule has 3 rings (SSSR count). The van der Waals surface area contributed by atoms with Crippen molar-refractivity contribution < 1.29 is 4.39 Å². The number of aromatic nitrogens is 2. The molecule has 0 saturated heterocycles. The fourth-order valence-corrected chi connectivity index (χ4v) is 2.68. The third-order valence-electron chi connectivity index (χ3n) is 4.05. The van der Waals surface area contributed by atoms with Crippen LogP contribution >= 0.6 is 0 Å². The summed E-state index contributed by atoms with van der Waals surface area (Å²) in [6, 6.07) is 10.8. The first-order chi connectivity index (χ1) is 10.6. The molecular formula is C18H20FN3. The zero-order chi connectivity index (χ0) is 15.7. The molecule has 4 heteroatoms. The highest BCUT2D eigenvalue weighted by Gasteiger charge is 2.13. The smallest absolute Gasteiger partial charge is 0.141 e. The van der Waals surface area contributed by atoms with Crippen molar-refractivity contribution in [1.82, 2.24) is 9.55 Å². The van der Waals surface area contributed by atoms with E-state index in [-0.39, 0.29) is 5.82 Å². The monoisotopic (exact) mass is 297 g/mol. The van der Waals surface area contributed by atoms with E-state index in [0.717, 1.165) is 35.4 Å². The van der Waals surface area contributed by atoms with Crippen LogP contribution in [-0.4, -0.2) is 16.1 Å². The molecule has 0 aliphatic heterocycles. The third kappa shape index (κ3) is 2.62. The highest BCUT2D eigenvalue weighted by molar-refractivity contribution is 5.82. The van der Waals surface area contributed by atoms with Gasteiger partial charge in [0.25, 0.3) is 0 Å². The topological polar surface area (TPSA) is 43.8 Å². The quantitative estimate of drug-likeness (QED) is 0.796. The maximum Gasteiger partial charge on any atom is 0.141 e. The molecule has 0 amide bonds. The average Bonchev–Trinajstić information content (AvgIpc) is 2.84. The van der Waals surface area contributed by atoms with Crippen LogP contribution in [0.4, 0.5) is 4.39 Å². The number of nitrogens with zero attached hydrogens (tertiary/aromatic N) is 2. The average molecular weight is 297 g/mol. The second kappa shape index (κ2) is 5.89. The molecule has 114 valence electrons. The van der Waals surface area contributed by atoms with Gasteiger partial charge in [-0.05, 0) is 74.3 Å². The van der Waals surface area contributed by atoms with Gasteiger partial charge in [-0.15, -0.1) is 0 Å². The molecule has 0 aliphatic carbocycles. The van der Waals surface area contributed by atoms with E-state index in [1.165, 1.54) is 23.3 Å². The number of aryl methyl sites for hydroxylation is 3. The second-order valence-electron chi connectivity index (χ2n) is 5.66. The molecule has 2 N–H and O–H groups in total. The van der Waals surface area contributed by atoms with Crippen LogP contribution in [0.3, 0.4) is 0 Å². The van der Waals surface area contributed by atoms with Gasteiger partial charge in [0, 0.05) is 12.1 Å². The summed E-state index contributed by atoms with van der Waals surface area (Å²) in [4.78, 5) is 4.77. The van der Waals surface area contributed by atoms with E-state index < -0.39 is 0 Å². The maximum atomic E-state index is 13.2. The van der Waals surface area contributed by atoms with E-state index in [0.29, 0.717) is 6.54 Å². The Hall–Kier alpha value is -2.20. The van der Waals surface area contributed by atoms with Crippen LogP contribution in [0.15, 0.2) is 36.4 Å². The molecule has 0 spiro atoms. The number of fused-ring (bicyclic) bond motifs is 1. The van der Waals surface area contributed by atoms with E-state index in [2.05, 4.69) is 30.5 Å². The van der Waals surface area contributed by atoms with Crippen LogP contribution in [0, 0.1) is 19.7 Å². The van der Waals surface area contributed by atoms with Crippen molar-refractivity contribution in [3.8, 4) is 11.4 Å². The SMILES string of the molecule is Cc1cc2nc(-c3ccc(F)cc3)n(CCCN)c2cc1C. The van der Waals surface area contributed by atoms with Gasteiger partial charge in [0.1, 0.15) is 11.6 Å². The highest BCUT2D eigenvalue weighted by atomic mass is 19.1. The molecule has 22 heavy (non-hydrogen) atoms. The lowest BCUT2D eigenvalue weighted by Gasteiger charge is -2.09. The van der Waals surface area contributed by atoms with Crippen molar-refractivity contribution in [1.29, 1.82) is 0 Å². The van der Waals surface area contributed by atoms with E-state index >= 15 is 0 Å². The number of hydrogen-bond donors (Lipinski definition) is 1. The molecule has 1 aromatic heterocycles. The van der Waals surface area contributed by atoms with Crippen molar-refractivity contribution in [3.05, 3.63) is 53.3 Å². The van der Waals surface area contributed by atoms with Gasteiger partial charge in [-0.25, -0.2) is 9.37 Å². The molecule has 0 aliphatic rings. The first kappa shape index (κ1) is 14.7. The zero-order valence-corrected chi connectivity index (χ0v) is 12.9. The summed E-state index contributed by atoms with van der Waals surface area (Å²) in [6.45, 7) is 5.63. The van der Waals surface area contributed by atoms with Gasteiger partial charge in [0.15, 0.2) is 0 Å².